The Labute approximate surface area is 148 Å². The maximum atomic E-state index is 12.6. The molecule has 0 spiro atoms. The molecule has 1 aromatic heterocycles. The fraction of sp³-hybridized carbons (Fsp3) is 0.474. The molecule has 1 aromatic carbocycles. The van der Waals surface area contributed by atoms with Crippen LogP contribution in [0.4, 0.5) is 0 Å². The van der Waals surface area contributed by atoms with Gasteiger partial charge in [0.25, 0.3) is 5.91 Å². The van der Waals surface area contributed by atoms with Gasteiger partial charge >= 0.3 is 0 Å². The second-order valence-electron chi connectivity index (χ2n) is 6.39. The lowest BCUT2D eigenvalue weighted by Crippen LogP contribution is -2.32. The molecule has 25 heavy (non-hydrogen) atoms. The number of carbonyl (C=O) groups is 1. The van der Waals surface area contributed by atoms with E-state index in [0.29, 0.717) is 11.7 Å². The molecule has 6 nitrogen and oxygen atoms in total. The highest BCUT2D eigenvalue weighted by Gasteiger charge is 2.19. The quantitative estimate of drug-likeness (QED) is 0.847. The second kappa shape index (κ2) is 8.16. The summed E-state index contributed by atoms with van der Waals surface area (Å²) in [6.45, 7) is 4.03. The van der Waals surface area contributed by atoms with E-state index in [4.69, 9.17) is 4.74 Å². The molecule has 1 amide bonds. The molecule has 1 aliphatic rings. The van der Waals surface area contributed by atoms with Crippen molar-refractivity contribution in [3.05, 3.63) is 47.8 Å². The van der Waals surface area contributed by atoms with Crippen LogP contribution in [0.25, 0.3) is 0 Å². The third-order valence-electron chi connectivity index (χ3n) is 4.72. The molecule has 0 radical (unpaired) electrons. The summed E-state index contributed by atoms with van der Waals surface area (Å²) < 4.78 is 7.10. The number of carbonyl (C=O) groups excluding carboxylic acids is 1. The number of hydrogen-bond acceptors (Lipinski definition) is 4. The first-order valence-electron chi connectivity index (χ1n) is 8.92. The molecule has 6 heteroatoms. The molecule has 3 rings (SSSR count). The fourth-order valence-electron chi connectivity index (χ4n) is 3.21. The van der Waals surface area contributed by atoms with Gasteiger partial charge < -0.3 is 15.4 Å². The first-order chi connectivity index (χ1) is 12.2. The lowest BCUT2D eigenvalue weighted by atomic mass is 10.0. The number of aromatic nitrogens is 2. The zero-order chi connectivity index (χ0) is 17.6. The Morgan fingerprint density at radius 3 is 2.84 bits per heavy atom. The lowest BCUT2D eigenvalue weighted by molar-refractivity contribution is 0.0929. The van der Waals surface area contributed by atoms with Gasteiger partial charge in [0.2, 0.25) is 0 Å². The molecule has 0 saturated carbocycles. The molecule has 134 valence electrons. The van der Waals surface area contributed by atoms with Crippen molar-refractivity contribution in [1.29, 1.82) is 0 Å². The van der Waals surface area contributed by atoms with Gasteiger partial charge in [0, 0.05) is 12.7 Å². The van der Waals surface area contributed by atoms with E-state index in [9.17, 15) is 4.79 Å². The second-order valence-corrected chi connectivity index (χ2v) is 6.39. The number of piperidine rings is 1. The van der Waals surface area contributed by atoms with Gasteiger partial charge in [0.1, 0.15) is 11.4 Å². The minimum atomic E-state index is -0.134. The van der Waals surface area contributed by atoms with Gasteiger partial charge in [-0.3, -0.25) is 9.48 Å². The van der Waals surface area contributed by atoms with Gasteiger partial charge in [-0.2, -0.15) is 5.10 Å². The van der Waals surface area contributed by atoms with Crippen LogP contribution in [0.5, 0.6) is 5.75 Å². The van der Waals surface area contributed by atoms with E-state index in [0.717, 1.165) is 43.7 Å². The SMILES string of the molecule is CCC(NC(=O)c1ccn(C2CCCNC2)n1)c1ccc(OC)cc1. The minimum absolute atomic E-state index is 0.0418. The maximum Gasteiger partial charge on any atom is 0.272 e. The van der Waals surface area contributed by atoms with Gasteiger partial charge in [-0.25, -0.2) is 0 Å². The average Bonchev–Trinajstić information content (AvgIpc) is 3.17. The van der Waals surface area contributed by atoms with Gasteiger partial charge in [-0.05, 0) is 49.6 Å². The molecule has 2 aromatic rings. The summed E-state index contributed by atoms with van der Waals surface area (Å²) in [6.07, 6.45) is 4.95. The Bertz CT molecular complexity index is 690. The van der Waals surface area contributed by atoms with Crippen molar-refractivity contribution in [2.45, 2.75) is 38.3 Å². The number of methoxy groups -OCH3 is 1. The number of benzene rings is 1. The first kappa shape index (κ1) is 17.5. The van der Waals surface area contributed by atoms with E-state index in [1.54, 1.807) is 13.2 Å². The summed E-state index contributed by atoms with van der Waals surface area (Å²) in [5.41, 5.74) is 1.53. The lowest BCUT2D eigenvalue weighted by Gasteiger charge is -2.23. The molecular formula is C19H26N4O2. The first-order valence-corrected chi connectivity index (χ1v) is 8.92. The van der Waals surface area contributed by atoms with E-state index >= 15 is 0 Å². The van der Waals surface area contributed by atoms with E-state index < -0.39 is 0 Å². The predicted octanol–water partition coefficient (Wildman–Crippen LogP) is 2.70. The topological polar surface area (TPSA) is 68.2 Å². The molecular weight excluding hydrogens is 316 g/mol. The summed E-state index contributed by atoms with van der Waals surface area (Å²) in [6, 6.07) is 9.88. The molecule has 1 fully saturated rings. The maximum absolute atomic E-state index is 12.6. The summed E-state index contributed by atoms with van der Waals surface area (Å²) >= 11 is 0. The van der Waals surface area contributed by atoms with Crippen LogP contribution >= 0.6 is 0 Å². The molecule has 0 aliphatic carbocycles. The van der Waals surface area contributed by atoms with E-state index in [-0.39, 0.29) is 11.9 Å². The van der Waals surface area contributed by atoms with Crippen molar-refractivity contribution in [1.82, 2.24) is 20.4 Å². The largest absolute Gasteiger partial charge is 0.497 e. The van der Waals surface area contributed by atoms with Crippen molar-refractivity contribution in [2.24, 2.45) is 0 Å². The number of ether oxygens (including phenoxy) is 1. The molecule has 2 N–H and O–H groups in total. The Balaban J connectivity index is 1.66. The average molecular weight is 342 g/mol. The number of rotatable bonds is 6. The van der Waals surface area contributed by atoms with Crippen LogP contribution in [0.15, 0.2) is 36.5 Å². The fourth-order valence-corrected chi connectivity index (χ4v) is 3.21. The van der Waals surface area contributed by atoms with E-state index in [2.05, 4.69) is 22.7 Å². The summed E-state index contributed by atoms with van der Waals surface area (Å²) in [7, 11) is 1.65. The minimum Gasteiger partial charge on any atom is -0.497 e. The summed E-state index contributed by atoms with van der Waals surface area (Å²) in [5, 5.41) is 10.9. The highest BCUT2D eigenvalue weighted by molar-refractivity contribution is 5.92. The molecule has 1 saturated heterocycles. The van der Waals surface area contributed by atoms with Crippen LogP contribution < -0.4 is 15.4 Å². The van der Waals surface area contributed by atoms with Gasteiger partial charge in [0.05, 0.1) is 19.2 Å². The monoisotopic (exact) mass is 342 g/mol. The number of hydrogen-bond donors (Lipinski definition) is 2. The Morgan fingerprint density at radius 1 is 1.40 bits per heavy atom. The van der Waals surface area contributed by atoms with Crippen LogP contribution in [0.3, 0.4) is 0 Å². The van der Waals surface area contributed by atoms with Crippen molar-refractivity contribution >= 4 is 5.91 Å². The molecule has 0 bridgehead atoms. The Hall–Kier alpha value is -2.34. The number of nitrogens with one attached hydrogen (secondary N) is 2. The van der Waals surface area contributed by atoms with Crippen molar-refractivity contribution in [3.63, 3.8) is 0 Å². The van der Waals surface area contributed by atoms with Crippen LogP contribution in [0.2, 0.25) is 0 Å². The highest BCUT2D eigenvalue weighted by atomic mass is 16.5. The molecule has 2 atom stereocenters. The van der Waals surface area contributed by atoms with Gasteiger partial charge in [0.15, 0.2) is 0 Å². The Kier molecular flexibility index (Phi) is 5.71. The van der Waals surface area contributed by atoms with Gasteiger partial charge in [-0.1, -0.05) is 19.1 Å². The third-order valence-corrected chi connectivity index (χ3v) is 4.72. The van der Waals surface area contributed by atoms with Crippen molar-refractivity contribution < 1.29 is 9.53 Å². The van der Waals surface area contributed by atoms with Crippen molar-refractivity contribution in [3.8, 4) is 5.75 Å². The summed E-state index contributed by atoms with van der Waals surface area (Å²) in [5.74, 6) is 0.676. The molecule has 2 heterocycles. The Morgan fingerprint density at radius 2 is 2.20 bits per heavy atom. The van der Waals surface area contributed by atoms with Gasteiger partial charge in [-0.15, -0.1) is 0 Å². The molecule has 2 unspecified atom stereocenters. The number of nitrogens with zero attached hydrogens (tertiary/aromatic N) is 2. The zero-order valence-corrected chi connectivity index (χ0v) is 14.9. The summed E-state index contributed by atoms with van der Waals surface area (Å²) in [4.78, 5) is 12.6. The smallest absolute Gasteiger partial charge is 0.272 e. The van der Waals surface area contributed by atoms with Crippen LogP contribution in [-0.2, 0) is 0 Å². The van der Waals surface area contributed by atoms with Crippen LogP contribution in [0, 0.1) is 0 Å². The predicted molar refractivity (Wildman–Crippen MR) is 96.9 cm³/mol. The normalized spacial score (nSPS) is 18.6. The van der Waals surface area contributed by atoms with Crippen molar-refractivity contribution in [2.75, 3.05) is 20.2 Å². The highest BCUT2D eigenvalue weighted by Crippen LogP contribution is 2.21. The van der Waals surface area contributed by atoms with E-state index in [1.165, 1.54) is 0 Å². The zero-order valence-electron chi connectivity index (χ0n) is 14.9. The van der Waals surface area contributed by atoms with Crippen LogP contribution in [0.1, 0.15) is 54.3 Å². The molecule has 1 aliphatic heterocycles. The standard InChI is InChI=1S/C19H26N4O2/c1-3-17(14-6-8-16(25-2)9-7-14)21-19(24)18-10-12-23(22-18)15-5-4-11-20-13-15/h6-10,12,15,17,20H,3-5,11,13H2,1-2H3,(H,21,24). The van der Waals surface area contributed by atoms with Crippen LogP contribution in [-0.4, -0.2) is 35.9 Å². The number of amides is 1. The van der Waals surface area contributed by atoms with E-state index in [1.807, 2.05) is 35.1 Å². The third kappa shape index (κ3) is 4.20.